The van der Waals surface area contributed by atoms with Gasteiger partial charge in [-0.05, 0) is 18.8 Å². The third kappa shape index (κ3) is 27.0. The van der Waals surface area contributed by atoms with E-state index in [1.165, 1.54) is 14.0 Å². The van der Waals surface area contributed by atoms with Crippen LogP contribution in [0.25, 0.3) is 0 Å². The summed E-state index contributed by atoms with van der Waals surface area (Å²) in [7, 11) is -4.72. The molecular weight excluding hydrogens is 410 g/mol. The number of sulfone groups is 2. The Morgan fingerprint density at radius 1 is 0.885 bits per heavy atom. The molecule has 13 heteroatoms. The van der Waals surface area contributed by atoms with Crippen LogP contribution in [0.15, 0.2) is 0 Å². The molecule has 0 radical (unpaired) electrons. The van der Waals surface area contributed by atoms with E-state index in [-0.39, 0.29) is 94.4 Å². The maximum Gasteiger partial charge on any atom is 1.00 e. The van der Waals surface area contributed by atoms with E-state index in [4.69, 9.17) is 0 Å². The molecule has 0 aromatic heterocycles. The van der Waals surface area contributed by atoms with Crippen LogP contribution in [-0.4, -0.2) is 65.4 Å². The second kappa shape index (κ2) is 17.9. The predicted octanol–water partition coefficient (Wildman–Crippen LogP) is -7.13. The van der Waals surface area contributed by atoms with E-state index in [0.29, 0.717) is 6.42 Å². The van der Waals surface area contributed by atoms with Crippen LogP contribution in [0.5, 0.6) is 0 Å². The van der Waals surface area contributed by atoms with Gasteiger partial charge in [-0.15, -0.1) is 0 Å². The van der Waals surface area contributed by atoms with Crippen molar-refractivity contribution >= 4 is 31.6 Å². The largest absolute Gasteiger partial charge is 1.00 e. The second-order valence-electron chi connectivity index (χ2n) is 5.48. The van der Waals surface area contributed by atoms with E-state index in [0.717, 1.165) is 12.5 Å². The van der Waals surface area contributed by atoms with Crippen LogP contribution >= 0.6 is 0 Å². The molecule has 0 bridgehead atoms. The van der Waals surface area contributed by atoms with Crippen molar-refractivity contribution in [3.8, 4) is 0 Å². The van der Waals surface area contributed by atoms with Crippen molar-refractivity contribution in [2.75, 3.05) is 31.1 Å². The van der Waals surface area contributed by atoms with E-state index in [9.17, 15) is 31.5 Å². The fraction of sp³-hybridized carbons (Fsp3) is 0.846. The molecule has 0 aromatic carbocycles. The van der Waals surface area contributed by atoms with Crippen LogP contribution in [0, 0.1) is 11.8 Å². The standard InChI is InChI=1S/C7H14O4S.C6H12O4S.2Na.H2O/c1-6(7(8)11-2)4-5-12(3,9)10;1-5(6(7)8)3-4-11(2,9)10;;;/h6H,4-5H2,1-3H3;5H,3-4H2,1-2H3,(H,7,8);;;1H2/q;;2*+1;/p-2. The number of hydrogen-bond acceptors (Lipinski definition) is 9. The number of carboxylic acid groups (broad SMARTS) is 1. The number of hydrogen-bond donors (Lipinski definition) is 0. The first-order chi connectivity index (χ1) is 10.2. The zero-order valence-corrected chi connectivity index (χ0v) is 22.1. The molecule has 0 fully saturated rings. The summed E-state index contributed by atoms with van der Waals surface area (Å²) in [4.78, 5) is 20.9. The molecule has 0 spiro atoms. The van der Waals surface area contributed by atoms with Crippen LogP contribution < -0.4 is 64.2 Å². The topological polar surface area (TPSA) is 165 Å². The molecule has 146 valence electrons. The van der Waals surface area contributed by atoms with Crippen molar-refractivity contribution in [2.24, 2.45) is 11.8 Å². The van der Waals surface area contributed by atoms with Crippen molar-refractivity contribution in [1.82, 2.24) is 0 Å². The Morgan fingerprint density at radius 3 is 1.42 bits per heavy atom. The van der Waals surface area contributed by atoms with E-state index >= 15 is 0 Å². The number of rotatable bonds is 8. The summed E-state index contributed by atoms with van der Waals surface area (Å²) in [5.41, 5.74) is 0. The molecule has 2 atom stereocenters. The maximum absolute atomic E-state index is 10.8. The van der Waals surface area contributed by atoms with E-state index in [1.807, 2.05) is 0 Å². The monoisotopic (exact) mass is 436 g/mol. The molecule has 0 aliphatic heterocycles. The molecule has 0 aliphatic carbocycles. The number of ether oxygens (including phenoxy) is 1. The van der Waals surface area contributed by atoms with Crippen LogP contribution in [0.2, 0.25) is 0 Å². The number of esters is 1. The molecule has 0 heterocycles. The minimum atomic E-state index is -3.04. The van der Waals surface area contributed by atoms with Gasteiger partial charge in [-0.1, -0.05) is 13.8 Å². The Labute approximate surface area is 200 Å². The van der Waals surface area contributed by atoms with Crippen molar-refractivity contribution < 1.29 is 101 Å². The Bertz CT molecular complexity index is 589. The van der Waals surface area contributed by atoms with Crippen molar-refractivity contribution in [2.45, 2.75) is 26.7 Å². The molecule has 0 aliphatic rings. The summed E-state index contributed by atoms with van der Waals surface area (Å²) in [5.74, 6) is -2.66. The molecule has 0 saturated heterocycles. The number of carbonyl (C=O) groups is 2. The SMILES string of the molecule is CC(CCS(C)(=O)=O)C(=O)[O-].COC(=O)C(C)CCS(C)(=O)=O.[Na+].[Na+].[OH-]. The van der Waals surface area contributed by atoms with Crippen molar-refractivity contribution in [1.29, 1.82) is 0 Å². The summed E-state index contributed by atoms with van der Waals surface area (Å²) >= 11 is 0. The predicted molar refractivity (Wildman–Crippen MR) is 85.9 cm³/mol. The Hall–Kier alpha value is 0.800. The van der Waals surface area contributed by atoms with Crippen LogP contribution in [0.1, 0.15) is 26.7 Å². The third-order valence-corrected chi connectivity index (χ3v) is 4.80. The Kier molecular flexibility index (Phi) is 25.8. The van der Waals surface area contributed by atoms with Gasteiger partial charge in [0.05, 0.1) is 24.5 Å². The average Bonchev–Trinajstić information content (AvgIpc) is 2.40. The van der Waals surface area contributed by atoms with Gasteiger partial charge in [0, 0.05) is 18.5 Å². The van der Waals surface area contributed by atoms with Gasteiger partial charge in [0.1, 0.15) is 19.7 Å². The molecule has 0 amide bonds. The zero-order valence-electron chi connectivity index (χ0n) is 16.5. The number of carboxylic acids is 1. The molecule has 1 N–H and O–H groups in total. The van der Waals surface area contributed by atoms with E-state index in [1.54, 1.807) is 6.92 Å². The molecule has 0 saturated carbocycles. The molecule has 26 heavy (non-hydrogen) atoms. The fourth-order valence-corrected chi connectivity index (χ4v) is 2.78. The summed E-state index contributed by atoms with van der Waals surface area (Å²) in [6.07, 6.45) is 2.68. The second-order valence-corrected chi connectivity index (χ2v) is 10.0. The number of methoxy groups -OCH3 is 1. The van der Waals surface area contributed by atoms with E-state index < -0.39 is 31.6 Å². The van der Waals surface area contributed by atoms with Crippen LogP contribution in [0.3, 0.4) is 0 Å². The summed E-state index contributed by atoms with van der Waals surface area (Å²) < 4.78 is 46.9. The van der Waals surface area contributed by atoms with Gasteiger partial charge in [0.25, 0.3) is 0 Å². The molecular formula is C13H26Na2O9S2. The van der Waals surface area contributed by atoms with Gasteiger partial charge < -0.3 is 20.1 Å². The van der Waals surface area contributed by atoms with Gasteiger partial charge >= 0.3 is 65.1 Å². The van der Waals surface area contributed by atoms with Crippen LogP contribution in [0.4, 0.5) is 0 Å². The van der Waals surface area contributed by atoms with Crippen LogP contribution in [-0.2, 0) is 34.0 Å². The smallest absolute Gasteiger partial charge is 0.870 e. The fourth-order valence-electron chi connectivity index (χ4n) is 1.22. The first-order valence-electron chi connectivity index (χ1n) is 6.83. The minimum absolute atomic E-state index is 0. The Balaban J connectivity index is -0.000000102. The van der Waals surface area contributed by atoms with Gasteiger partial charge in [0.15, 0.2) is 0 Å². The number of aliphatic carboxylic acids is 1. The summed E-state index contributed by atoms with van der Waals surface area (Å²) in [6.45, 7) is 3.08. The van der Waals surface area contributed by atoms with E-state index in [2.05, 4.69) is 4.74 Å². The number of carbonyl (C=O) groups excluding carboxylic acids is 2. The maximum atomic E-state index is 10.8. The molecule has 0 aromatic rings. The minimum Gasteiger partial charge on any atom is -0.870 e. The molecule has 0 rings (SSSR count). The van der Waals surface area contributed by atoms with Gasteiger partial charge in [-0.3, -0.25) is 4.79 Å². The quantitative estimate of drug-likeness (QED) is 0.265. The first kappa shape index (κ1) is 37.5. The molecule has 9 nitrogen and oxygen atoms in total. The Morgan fingerprint density at radius 2 is 1.19 bits per heavy atom. The molecule has 2 unspecified atom stereocenters. The van der Waals surface area contributed by atoms with Gasteiger partial charge in [0.2, 0.25) is 0 Å². The average molecular weight is 436 g/mol. The normalized spacial score (nSPS) is 12.5. The third-order valence-electron chi connectivity index (χ3n) is 2.85. The summed E-state index contributed by atoms with van der Waals surface area (Å²) in [5, 5.41) is 10.1. The van der Waals surface area contributed by atoms with Crippen molar-refractivity contribution in [3.05, 3.63) is 0 Å². The van der Waals surface area contributed by atoms with Crippen molar-refractivity contribution in [3.63, 3.8) is 0 Å². The van der Waals surface area contributed by atoms with Gasteiger partial charge in [-0.25, -0.2) is 16.8 Å². The summed E-state index contributed by atoms with van der Waals surface area (Å²) in [6, 6.07) is 0. The van der Waals surface area contributed by atoms with Gasteiger partial charge in [-0.2, -0.15) is 0 Å². The zero-order chi connectivity index (χ0) is 18.8. The first-order valence-corrected chi connectivity index (χ1v) is 11.0.